The standard InChI is InChI=1S/C27H31N5O2S/c1-3-24(33)29-21-12-11-19(16-18(21)2)32-26(25(30-27(32)35)22-9-4-5-13-28-22)23-10-6-14-31(23)17-20-8-7-15-34-20/h4-6,9-14,16,20,25-26H,3,7-8,15,17H2,1-2H3,(H,29,33)(H,30,35)/t20-,25-,26+/m0/s1. The van der Waals surface area contributed by atoms with Gasteiger partial charge < -0.3 is 24.8 Å². The summed E-state index contributed by atoms with van der Waals surface area (Å²) in [4.78, 5) is 18.8. The van der Waals surface area contributed by atoms with Gasteiger partial charge >= 0.3 is 0 Å². The Bertz CT molecular complexity index is 1210. The van der Waals surface area contributed by atoms with Crippen LogP contribution < -0.4 is 15.5 Å². The summed E-state index contributed by atoms with van der Waals surface area (Å²) in [5, 5.41) is 7.16. The summed E-state index contributed by atoms with van der Waals surface area (Å²) in [6.07, 6.45) is 6.81. The van der Waals surface area contributed by atoms with E-state index in [1.807, 2.05) is 50.4 Å². The number of rotatable bonds is 7. The fourth-order valence-corrected chi connectivity index (χ4v) is 5.33. The van der Waals surface area contributed by atoms with Crippen LogP contribution in [0.4, 0.5) is 11.4 Å². The fourth-order valence-electron chi connectivity index (χ4n) is 4.98. The van der Waals surface area contributed by atoms with Gasteiger partial charge in [0.05, 0.1) is 17.8 Å². The number of nitrogens with zero attached hydrogens (tertiary/aromatic N) is 3. The van der Waals surface area contributed by atoms with Crippen molar-refractivity contribution in [2.75, 3.05) is 16.8 Å². The van der Waals surface area contributed by atoms with Gasteiger partial charge in [-0.15, -0.1) is 0 Å². The van der Waals surface area contributed by atoms with Crippen LogP contribution in [0.2, 0.25) is 0 Å². The minimum atomic E-state index is -0.110. The highest BCUT2D eigenvalue weighted by Gasteiger charge is 2.42. The van der Waals surface area contributed by atoms with Crippen molar-refractivity contribution in [3.63, 3.8) is 0 Å². The van der Waals surface area contributed by atoms with E-state index in [2.05, 4.69) is 49.5 Å². The molecule has 2 aliphatic heterocycles. The molecule has 5 rings (SSSR count). The smallest absolute Gasteiger partial charge is 0.224 e. The minimum absolute atomic E-state index is 0.000684. The molecule has 0 unspecified atom stereocenters. The number of pyridine rings is 1. The van der Waals surface area contributed by atoms with Gasteiger partial charge in [0.25, 0.3) is 0 Å². The number of aryl methyl sites for hydroxylation is 1. The number of carbonyl (C=O) groups excluding carboxylic acids is 1. The monoisotopic (exact) mass is 489 g/mol. The Balaban J connectivity index is 1.54. The maximum absolute atomic E-state index is 11.9. The molecule has 7 nitrogen and oxygen atoms in total. The van der Waals surface area contributed by atoms with Crippen molar-refractivity contribution in [3.05, 3.63) is 77.9 Å². The highest BCUT2D eigenvalue weighted by atomic mass is 32.1. The highest BCUT2D eigenvalue weighted by Crippen LogP contribution is 2.42. The molecule has 0 bridgehead atoms. The van der Waals surface area contributed by atoms with Gasteiger partial charge in [-0.1, -0.05) is 13.0 Å². The largest absolute Gasteiger partial charge is 0.376 e. The van der Waals surface area contributed by atoms with Crippen molar-refractivity contribution in [1.29, 1.82) is 0 Å². The highest BCUT2D eigenvalue weighted by molar-refractivity contribution is 7.80. The summed E-state index contributed by atoms with van der Waals surface area (Å²) >= 11 is 5.89. The molecule has 2 aliphatic rings. The van der Waals surface area contributed by atoms with Gasteiger partial charge in [-0.2, -0.15) is 0 Å². The Morgan fingerprint density at radius 3 is 2.86 bits per heavy atom. The average molecular weight is 490 g/mol. The second-order valence-corrected chi connectivity index (χ2v) is 9.50. The van der Waals surface area contributed by atoms with Gasteiger partial charge in [-0.25, -0.2) is 0 Å². The number of thiocarbonyl (C=S) groups is 1. The topological polar surface area (TPSA) is 71.4 Å². The molecule has 182 valence electrons. The number of hydrogen-bond acceptors (Lipinski definition) is 4. The Labute approximate surface area is 211 Å². The van der Waals surface area contributed by atoms with Crippen molar-refractivity contribution < 1.29 is 9.53 Å². The molecule has 1 amide bonds. The molecule has 0 spiro atoms. The predicted octanol–water partition coefficient (Wildman–Crippen LogP) is 4.90. The summed E-state index contributed by atoms with van der Waals surface area (Å²) in [7, 11) is 0. The van der Waals surface area contributed by atoms with E-state index in [0.29, 0.717) is 11.5 Å². The third-order valence-electron chi connectivity index (χ3n) is 6.77. The van der Waals surface area contributed by atoms with E-state index in [-0.39, 0.29) is 24.1 Å². The molecule has 3 atom stereocenters. The Hall–Kier alpha value is -3.23. The summed E-state index contributed by atoms with van der Waals surface area (Å²) in [5.41, 5.74) is 4.88. The first kappa shape index (κ1) is 23.5. The number of benzene rings is 1. The number of ether oxygens (including phenoxy) is 1. The van der Waals surface area contributed by atoms with Crippen LogP contribution in [0.5, 0.6) is 0 Å². The number of anilines is 2. The molecule has 2 saturated heterocycles. The summed E-state index contributed by atoms with van der Waals surface area (Å²) < 4.78 is 8.23. The fraction of sp³-hybridized carbons (Fsp3) is 0.370. The number of nitrogens with one attached hydrogen (secondary N) is 2. The normalized spacial score (nSPS) is 21.8. The minimum Gasteiger partial charge on any atom is -0.376 e. The zero-order valence-corrected chi connectivity index (χ0v) is 20.9. The van der Waals surface area contributed by atoms with E-state index in [1.165, 1.54) is 0 Å². The lowest BCUT2D eigenvalue weighted by molar-refractivity contribution is -0.115. The lowest BCUT2D eigenvalue weighted by atomic mass is 10.0. The first-order valence-corrected chi connectivity index (χ1v) is 12.6. The third kappa shape index (κ3) is 4.81. The number of amides is 1. The molecule has 2 fully saturated rings. The predicted molar refractivity (Wildman–Crippen MR) is 141 cm³/mol. The van der Waals surface area contributed by atoms with Gasteiger partial charge in [-0.3, -0.25) is 9.78 Å². The first-order valence-electron chi connectivity index (χ1n) is 12.2. The molecule has 0 radical (unpaired) electrons. The molecule has 2 N–H and O–H groups in total. The van der Waals surface area contributed by atoms with Crippen LogP contribution in [-0.4, -0.2) is 33.3 Å². The number of aromatic nitrogens is 2. The van der Waals surface area contributed by atoms with Crippen LogP contribution in [0, 0.1) is 6.92 Å². The van der Waals surface area contributed by atoms with E-state index in [9.17, 15) is 4.79 Å². The average Bonchev–Trinajstić information content (AvgIpc) is 3.61. The SMILES string of the molecule is CCC(=O)Nc1ccc(N2C(=S)N[C@@H](c3ccccn3)[C@H]2c2cccn2C[C@@H]2CCCO2)cc1C. The van der Waals surface area contributed by atoms with Crippen molar-refractivity contribution in [1.82, 2.24) is 14.9 Å². The molecule has 8 heteroatoms. The molecule has 2 aromatic heterocycles. The maximum atomic E-state index is 11.9. The van der Waals surface area contributed by atoms with Gasteiger partial charge in [0.15, 0.2) is 5.11 Å². The quantitative estimate of drug-likeness (QED) is 0.460. The second-order valence-electron chi connectivity index (χ2n) is 9.12. The zero-order chi connectivity index (χ0) is 24.4. The second kappa shape index (κ2) is 10.2. The number of hydrogen-bond donors (Lipinski definition) is 2. The van der Waals surface area contributed by atoms with Crippen molar-refractivity contribution >= 4 is 34.6 Å². The Morgan fingerprint density at radius 2 is 2.14 bits per heavy atom. The summed E-state index contributed by atoms with van der Waals surface area (Å²) in [6, 6.07) is 16.1. The van der Waals surface area contributed by atoms with Crippen LogP contribution in [0.25, 0.3) is 0 Å². The van der Waals surface area contributed by atoms with Gasteiger partial charge in [-0.05, 0) is 80.0 Å². The molecule has 0 saturated carbocycles. The van der Waals surface area contributed by atoms with Crippen LogP contribution in [0.3, 0.4) is 0 Å². The van der Waals surface area contributed by atoms with Crippen LogP contribution in [0.1, 0.15) is 55.2 Å². The van der Waals surface area contributed by atoms with E-state index >= 15 is 0 Å². The van der Waals surface area contributed by atoms with E-state index in [4.69, 9.17) is 17.0 Å². The molecule has 4 heterocycles. The number of carbonyl (C=O) groups is 1. The zero-order valence-electron chi connectivity index (χ0n) is 20.1. The first-order chi connectivity index (χ1) is 17.0. The van der Waals surface area contributed by atoms with Crippen molar-refractivity contribution in [2.24, 2.45) is 0 Å². The van der Waals surface area contributed by atoms with E-state index in [1.54, 1.807) is 0 Å². The third-order valence-corrected chi connectivity index (χ3v) is 7.09. The summed E-state index contributed by atoms with van der Waals surface area (Å²) in [5.74, 6) is -0.000684. The maximum Gasteiger partial charge on any atom is 0.224 e. The molecule has 3 aromatic rings. The Kier molecular flexibility index (Phi) is 6.83. The lowest BCUT2D eigenvalue weighted by Gasteiger charge is -2.30. The summed E-state index contributed by atoms with van der Waals surface area (Å²) in [6.45, 7) is 5.50. The molecular formula is C27H31N5O2S. The van der Waals surface area contributed by atoms with Crippen molar-refractivity contribution in [2.45, 2.75) is 57.8 Å². The van der Waals surface area contributed by atoms with E-state index in [0.717, 1.165) is 54.3 Å². The van der Waals surface area contributed by atoms with Gasteiger partial charge in [0, 0.05) is 49.0 Å². The van der Waals surface area contributed by atoms with Crippen LogP contribution >= 0.6 is 12.2 Å². The molecular weight excluding hydrogens is 458 g/mol. The Morgan fingerprint density at radius 1 is 1.26 bits per heavy atom. The molecule has 0 aliphatic carbocycles. The lowest BCUT2D eigenvalue weighted by Crippen LogP contribution is -2.31. The van der Waals surface area contributed by atoms with Crippen LogP contribution in [-0.2, 0) is 16.1 Å². The van der Waals surface area contributed by atoms with Crippen LogP contribution in [0.15, 0.2) is 60.9 Å². The molecule has 35 heavy (non-hydrogen) atoms. The van der Waals surface area contributed by atoms with Gasteiger partial charge in [0.2, 0.25) is 5.91 Å². The van der Waals surface area contributed by atoms with Crippen molar-refractivity contribution in [3.8, 4) is 0 Å². The van der Waals surface area contributed by atoms with Gasteiger partial charge in [0.1, 0.15) is 6.04 Å². The van der Waals surface area contributed by atoms with E-state index < -0.39 is 0 Å². The molecule has 1 aromatic carbocycles.